The molecule has 1 aromatic carbocycles. The number of piperazine rings is 1. The number of nitrogens with one attached hydrogen (secondary N) is 1. The summed E-state index contributed by atoms with van der Waals surface area (Å²) in [6.07, 6.45) is 6.23. The van der Waals surface area contributed by atoms with Crippen LogP contribution in [-0.4, -0.2) is 47.0 Å². The van der Waals surface area contributed by atoms with Gasteiger partial charge >= 0.3 is 0 Å². The predicted molar refractivity (Wildman–Crippen MR) is 108 cm³/mol. The maximum absolute atomic E-state index is 12.6. The van der Waals surface area contributed by atoms with Crippen molar-refractivity contribution in [2.45, 2.75) is 25.7 Å². The van der Waals surface area contributed by atoms with Crippen molar-refractivity contribution in [3.63, 3.8) is 0 Å². The van der Waals surface area contributed by atoms with Gasteiger partial charge in [-0.3, -0.25) is 4.79 Å². The molecule has 4 rings (SSSR count). The molecule has 0 radical (unpaired) electrons. The minimum Gasteiger partial charge on any atom is -0.339 e. The highest BCUT2D eigenvalue weighted by atomic mass is 35.5. The summed E-state index contributed by atoms with van der Waals surface area (Å²) in [6.45, 7) is 2.99. The Balaban J connectivity index is 1.38. The Morgan fingerprint density at radius 3 is 2.56 bits per heavy atom. The van der Waals surface area contributed by atoms with Crippen molar-refractivity contribution in [1.29, 1.82) is 0 Å². The monoisotopic (exact) mass is 385 g/mol. The average Bonchev–Trinajstić information content (AvgIpc) is 3.24. The van der Waals surface area contributed by atoms with Crippen LogP contribution >= 0.6 is 11.6 Å². The first-order valence-corrected chi connectivity index (χ1v) is 9.97. The number of carbonyl (C=O) groups is 1. The second kappa shape index (κ2) is 8.13. The minimum atomic E-state index is 0.246. The molecule has 27 heavy (non-hydrogen) atoms. The van der Waals surface area contributed by atoms with Gasteiger partial charge in [0.25, 0.3) is 0 Å². The molecule has 1 aromatic heterocycles. The van der Waals surface area contributed by atoms with E-state index in [1.165, 1.54) is 12.8 Å². The van der Waals surface area contributed by atoms with E-state index in [-0.39, 0.29) is 5.92 Å². The summed E-state index contributed by atoms with van der Waals surface area (Å²) in [5.74, 6) is 1.97. The number of rotatable bonds is 4. The highest BCUT2D eigenvalue weighted by molar-refractivity contribution is 6.33. The number of halogens is 1. The van der Waals surface area contributed by atoms with E-state index in [4.69, 9.17) is 11.6 Å². The van der Waals surface area contributed by atoms with Crippen molar-refractivity contribution < 1.29 is 4.79 Å². The highest BCUT2D eigenvalue weighted by Crippen LogP contribution is 2.27. The molecule has 1 aliphatic heterocycles. The van der Waals surface area contributed by atoms with E-state index in [1.807, 2.05) is 35.2 Å². The lowest BCUT2D eigenvalue weighted by molar-refractivity contribution is -0.135. The van der Waals surface area contributed by atoms with Gasteiger partial charge in [-0.15, -0.1) is 0 Å². The van der Waals surface area contributed by atoms with Crippen LogP contribution in [0.1, 0.15) is 25.7 Å². The van der Waals surface area contributed by atoms with E-state index in [2.05, 4.69) is 20.2 Å². The molecular formula is C20H24ClN5O. The second-order valence-electron chi connectivity index (χ2n) is 7.14. The molecule has 1 saturated carbocycles. The van der Waals surface area contributed by atoms with Crippen LogP contribution in [0.5, 0.6) is 0 Å². The predicted octanol–water partition coefficient (Wildman–Crippen LogP) is 3.71. The lowest BCUT2D eigenvalue weighted by Crippen LogP contribution is -2.50. The molecule has 1 N–H and O–H groups in total. The summed E-state index contributed by atoms with van der Waals surface area (Å²) in [7, 11) is 0. The molecule has 0 spiro atoms. The van der Waals surface area contributed by atoms with Crippen LogP contribution in [0.3, 0.4) is 0 Å². The van der Waals surface area contributed by atoms with Crippen molar-refractivity contribution in [1.82, 2.24) is 14.9 Å². The zero-order valence-electron chi connectivity index (χ0n) is 15.3. The molecule has 7 heteroatoms. The summed E-state index contributed by atoms with van der Waals surface area (Å²) in [4.78, 5) is 25.8. The fraction of sp³-hybridized carbons (Fsp3) is 0.450. The molecule has 2 heterocycles. The van der Waals surface area contributed by atoms with Crippen molar-refractivity contribution in [3.8, 4) is 0 Å². The Bertz CT molecular complexity index is 800. The zero-order valence-corrected chi connectivity index (χ0v) is 16.0. The molecule has 0 unspecified atom stereocenters. The number of para-hydroxylation sites is 1. The number of hydrogen-bond acceptors (Lipinski definition) is 5. The summed E-state index contributed by atoms with van der Waals surface area (Å²) < 4.78 is 0. The number of nitrogens with zero attached hydrogens (tertiary/aromatic N) is 4. The smallest absolute Gasteiger partial charge is 0.227 e. The largest absolute Gasteiger partial charge is 0.339 e. The second-order valence-corrected chi connectivity index (χ2v) is 7.55. The molecule has 142 valence electrons. The topological polar surface area (TPSA) is 61.4 Å². The number of hydrogen-bond donors (Lipinski definition) is 1. The molecule has 1 aliphatic carbocycles. The van der Waals surface area contributed by atoms with Crippen LogP contribution in [0, 0.1) is 5.92 Å². The van der Waals surface area contributed by atoms with Gasteiger partial charge in [0.2, 0.25) is 11.9 Å². The van der Waals surface area contributed by atoms with Crippen LogP contribution in [0.2, 0.25) is 5.02 Å². The van der Waals surface area contributed by atoms with Crippen LogP contribution in [0.4, 0.5) is 17.5 Å². The van der Waals surface area contributed by atoms with Crippen LogP contribution in [0.15, 0.2) is 36.5 Å². The lowest BCUT2D eigenvalue weighted by atomic mass is 10.1. The third kappa shape index (κ3) is 4.16. The Morgan fingerprint density at radius 1 is 1.07 bits per heavy atom. The van der Waals surface area contributed by atoms with Crippen LogP contribution in [-0.2, 0) is 4.79 Å². The third-order valence-electron chi connectivity index (χ3n) is 5.36. The fourth-order valence-electron chi connectivity index (χ4n) is 3.83. The zero-order chi connectivity index (χ0) is 18.6. The Kier molecular flexibility index (Phi) is 5.43. The number of aromatic nitrogens is 2. The number of carbonyl (C=O) groups excluding carboxylic acids is 1. The van der Waals surface area contributed by atoms with E-state index < -0.39 is 0 Å². The van der Waals surface area contributed by atoms with Gasteiger partial charge in [-0.2, -0.15) is 4.98 Å². The van der Waals surface area contributed by atoms with E-state index in [0.29, 0.717) is 22.7 Å². The average molecular weight is 386 g/mol. The molecule has 0 bridgehead atoms. The number of benzene rings is 1. The Hall–Kier alpha value is -2.34. The molecule has 1 amide bonds. The van der Waals surface area contributed by atoms with Crippen molar-refractivity contribution in [2.75, 3.05) is 36.4 Å². The molecular weight excluding hydrogens is 362 g/mol. The maximum atomic E-state index is 12.6. The van der Waals surface area contributed by atoms with Gasteiger partial charge in [-0.25, -0.2) is 4.98 Å². The highest BCUT2D eigenvalue weighted by Gasteiger charge is 2.29. The Labute approximate surface area is 164 Å². The first-order chi connectivity index (χ1) is 13.2. The normalized spacial score (nSPS) is 18.0. The van der Waals surface area contributed by atoms with E-state index in [0.717, 1.165) is 44.7 Å². The van der Waals surface area contributed by atoms with Gasteiger partial charge < -0.3 is 15.1 Å². The van der Waals surface area contributed by atoms with Gasteiger partial charge in [-0.1, -0.05) is 36.6 Å². The first-order valence-electron chi connectivity index (χ1n) is 9.59. The quantitative estimate of drug-likeness (QED) is 0.869. The van der Waals surface area contributed by atoms with E-state index in [1.54, 1.807) is 6.20 Å². The van der Waals surface area contributed by atoms with Gasteiger partial charge in [0, 0.05) is 38.3 Å². The number of amides is 1. The maximum Gasteiger partial charge on any atom is 0.227 e. The van der Waals surface area contributed by atoms with Crippen LogP contribution < -0.4 is 10.2 Å². The summed E-state index contributed by atoms with van der Waals surface area (Å²) >= 11 is 6.21. The first kappa shape index (κ1) is 18.0. The van der Waals surface area contributed by atoms with E-state index >= 15 is 0 Å². The fourth-order valence-corrected chi connectivity index (χ4v) is 4.01. The lowest BCUT2D eigenvalue weighted by Gasteiger charge is -2.36. The summed E-state index contributed by atoms with van der Waals surface area (Å²) in [6, 6.07) is 9.40. The SMILES string of the molecule is O=C(C1CCCC1)N1CCN(c2nccc(Nc3ccccc3Cl)n2)CC1. The van der Waals surface area contributed by atoms with Gasteiger partial charge in [0.1, 0.15) is 5.82 Å². The molecule has 6 nitrogen and oxygen atoms in total. The Morgan fingerprint density at radius 2 is 1.81 bits per heavy atom. The van der Waals surface area contributed by atoms with Gasteiger partial charge in [0.05, 0.1) is 10.7 Å². The summed E-state index contributed by atoms with van der Waals surface area (Å²) in [5.41, 5.74) is 0.816. The summed E-state index contributed by atoms with van der Waals surface area (Å²) in [5, 5.41) is 3.89. The minimum absolute atomic E-state index is 0.246. The van der Waals surface area contributed by atoms with Crippen molar-refractivity contribution >= 4 is 35.0 Å². The van der Waals surface area contributed by atoms with Crippen LogP contribution in [0.25, 0.3) is 0 Å². The molecule has 2 fully saturated rings. The van der Waals surface area contributed by atoms with Gasteiger partial charge in [-0.05, 0) is 31.0 Å². The molecule has 0 atom stereocenters. The van der Waals surface area contributed by atoms with Gasteiger partial charge in [0.15, 0.2) is 0 Å². The van der Waals surface area contributed by atoms with Crippen molar-refractivity contribution in [2.24, 2.45) is 5.92 Å². The molecule has 1 saturated heterocycles. The standard InChI is InChI=1S/C20H24ClN5O/c21-16-7-3-4-8-17(16)23-18-9-10-22-20(24-18)26-13-11-25(12-14-26)19(27)15-5-1-2-6-15/h3-4,7-10,15H,1-2,5-6,11-14H2,(H,22,23,24). The van der Waals surface area contributed by atoms with E-state index in [9.17, 15) is 4.79 Å². The number of anilines is 3. The molecule has 2 aliphatic rings. The third-order valence-corrected chi connectivity index (χ3v) is 5.69. The molecule has 2 aromatic rings. The van der Waals surface area contributed by atoms with Crippen molar-refractivity contribution in [3.05, 3.63) is 41.6 Å².